The first kappa shape index (κ1) is 8.97. The van der Waals surface area contributed by atoms with Crippen molar-refractivity contribution in [3.63, 3.8) is 0 Å². The quantitative estimate of drug-likeness (QED) is 0.641. The average Bonchev–Trinajstić information content (AvgIpc) is 1.85. The molecule has 0 aromatic rings. The Labute approximate surface area is 67.3 Å². The van der Waals surface area contributed by atoms with Gasteiger partial charge >= 0.3 is 0 Å². The molecule has 0 aromatic carbocycles. The molecule has 0 spiro atoms. The van der Waals surface area contributed by atoms with Crippen molar-refractivity contribution >= 4 is 0 Å². The SMILES string of the molecule is COC[C@@H]1C[C@H](O)C[C@@H](C)O1. The number of methoxy groups -OCH3 is 1. The monoisotopic (exact) mass is 160 g/mol. The minimum atomic E-state index is -0.209. The van der Waals surface area contributed by atoms with Crippen LogP contribution in [0.25, 0.3) is 0 Å². The number of hydrogen-bond donors (Lipinski definition) is 1. The zero-order valence-electron chi connectivity index (χ0n) is 7.12. The highest BCUT2D eigenvalue weighted by Gasteiger charge is 2.25. The lowest BCUT2D eigenvalue weighted by Crippen LogP contribution is -2.36. The van der Waals surface area contributed by atoms with Gasteiger partial charge in [-0.05, 0) is 13.3 Å². The van der Waals surface area contributed by atoms with Gasteiger partial charge in [0.25, 0.3) is 0 Å². The van der Waals surface area contributed by atoms with Crippen molar-refractivity contribution in [3.05, 3.63) is 0 Å². The van der Waals surface area contributed by atoms with Crippen molar-refractivity contribution in [2.24, 2.45) is 0 Å². The van der Waals surface area contributed by atoms with Gasteiger partial charge < -0.3 is 14.6 Å². The van der Waals surface area contributed by atoms with Gasteiger partial charge in [-0.25, -0.2) is 0 Å². The molecule has 0 saturated carbocycles. The molecule has 0 unspecified atom stereocenters. The topological polar surface area (TPSA) is 38.7 Å². The van der Waals surface area contributed by atoms with Crippen LogP contribution in [0.1, 0.15) is 19.8 Å². The van der Waals surface area contributed by atoms with E-state index in [1.807, 2.05) is 6.92 Å². The summed E-state index contributed by atoms with van der Waals surface area (Å²) in [5.74, 6) is 0. The van der Waals surface area contributed by atoms with Crippen LogP contribution in [0.15, 0.2) is 0 Å². The first-order chi connectivity index (χ1) is 5.22. The van der Waals surface area contributed by atoms with Gasteiger partial charge in [0.15, 0.2) is 0 Å². The first-order valence-corrected chi connectivity index (χ1v) is 4.05. The van der Waals surface area contributed by atoms with Crippen LogP contribution in [-0.4, -0.2) is 37.1 Å². The third-order valence-electron chi connectivity index (χ3n) is 1.92. The first-order valence-electron chi connectivity index (χ1n) is 4.05. The molecule has 0 radical (unpaired) electrons. The van der Waals surface area contributed by atoms with Gasteiger partial charge in [0.05, 0.1) is 24.9 Å². The molecule has 0 aromatic heterocycles. The summed E-state index contributed by atoms with van der Waals surface area (Å²) in [5.41, 5.74) is 0. The Morgan fingerprint density at radius 1 is 1.55 bits per heavy atom. The van der Waals surface area contributed by atoms with Crippen molar-refractivity contribution in [2.45, 2.75) is 38.1 Å². The second-order valence-electron chi connectivity index (χ2n) is 3.15. The molecule has 0 aliphatic carbocycles. The summed E-state index contributed by atoms with van der Waals surface area (Å²) in [7, 11) is 1.65. The maximum Gasteiger partial charge on any atom is 0.0836 e. The normalized spacial score (nSPS) is 39.0. The highest BCUT2D eigenvalue weighted by Crippen LogP contribution is 2.19. The predicted molar refractivity (Wildman–Crippen MR) is 41.5 cm³/mol. The van der Waals surface area contributed by atoms with Crippen LogP contribution in [0.2, 0.25) is 0 Å². The van der Waals surface area contributed by atoms with Crippen molar-refractivity contribution in [3.8, 4) is 0 Å². The molecule has 3 heteroatoms. The number of aliphatic hydroxyl groups is 1. The van der Waals surface area contributed by atoms with Crippen molar-refractivity contribution < 1.29 is 14.6 Å². The van der Waals surface area contributed by atoms with E-state index in [-0.39, 0.29) is 18.3 Å². The van der Waals surface area contributed by atoms with E-state index in [9.17, 15) is 5.11 Å². The van der Waals surface area contributed by atoms with Gasteiger partial charge in [-0.3, -0.25) is 0 Å². The van der Waals surface area contributed by atoms with Crippen LogP contribution >= 0.6 is 0 Å². The van der Waals surface area contributed by atoms with Gasteiger partial charge in [-0.1, -0.05) is 0 Å². The molecule has 1 aliphatic heterocycles. The summed E-state index contributed by atoms with van der Waals surface area (Å²) in [6.07, 6.45) is 1.50. The third-order valence-corrected chi connectivity index (χ3v) is 1.92. The molecule has 3 atom stereocenters. The summed E-state index contributed by atoms with van der Waals surface area (Å²) in [5, 5.41) is 9.34. The molecule has 1 fully saturated rings. The fraction of sp³-hybridized carbons (Fsp3) is 1.00. The molecule has 1 N–H and O–H groups in total. The molecule has 66 valence electrons. The Hall–Kier alpha value is -0.120. The Morgan fingerprint density at radius 3 is 2.82 bits per heavy atom. The highest BCUT2D eigenvalue weighted by molar-refractivity contribution is 4.74. The number of hydrogen-bond acceptors (Lipinski definition) is 3. The van der Waals surface area contributed by atoms with Gasteiger partial charge in [0.2, 0.25) is 0 Å². The van der Waals surface area contributed by atoms with Gasteiger partial charge in [-0.2, -0.15) is 0 Å². The smallest absolute Gasteiger partial charge is 0.0836 e. The zero-order valence-corrected chi connectivity index (χ0v) is 7.12. The molecule has 3 nitrogen and oxygen atoms in total. The van der Waals surface area contributed by atoms with E-state index in [4.69, 9.17) is 9.47 Å². The Kier molecular flexibility index (Phi) is 3.30. The standard InChI is InChI=1S/C8H16O3/c1-6-3-7(9)4-8(11-6)5-10-2/h6-9H,3-5H2,1-2H3/t6-,7-,8+/m1/s1. The third kappa shape index (κ3) is 2.77. The van der Waals surface area contributed by atoms with Crippen molar-refractivity contribution in [2.75, 3.05) is 13.7 Å². The Balaban J connectivity index is 2.30. The van der Waals surface area contributed by atoms with Crippen LogP contribution in [0.4, 0.5) is 0 Å². The summed E-state index contributed by atoms with van der Waals surface area (Å²) in [4.78, 5) is 0. The van der Waals surface area contributed by atoms with E-state index < -0.39 is 0 Å². The number of rotatable bonds is 2. The predicted octanol–water partition coefficient (Wildman–Crippen LogP) is 0.561. The maximum atomic E-state index is 9.34. The largest absolute Gasteiger partial charge is 0.393 e. The van der Waals surface area contributed by atoms with Gasteiger partial charge in [0.1, 0.15) is 0 Å². The van der Waals surface area contributed by atoms with Crippen molar-refractivity contribution in [1.29, 1.82) is 0 Å². The van der Waals surface area contributed by atoms with Crippen LogP contribution in [-0.2, 0) is 9.47 Å². The van der Waals surface area contributed by atoms with Crippen LogP contribution in [0.5, 0.6) is 0 Å². The van der Waals surface area contributed by atoms with Crippen LogP contribution in [0, 0.1) is 0 Å². The average molecular weight is 160 g/mol. The van der Waals surface area contributed by atoms with Gasteiger partial charge in [-0.15, -0.1) is 0 Å². The number of aliphatic hydroxyl groups excluding tert-OH is 1. The van der Waals surface area contributed by atoms with E-state index in [0.717, 1.165) is 6.42 Å². The second-order valence-corrected chi connectivity index (χ2v) is 3.15. The fourth-order valence-electron chi connectivity index (χ4n) is 1.52. The molecule has 1 saturated heterocycles. The van der Waals surface area contributed by atoms with E-state index in [0.29, 0.717) is 13.0 Å². The zero-order chi connectivity index (χ0) is 8.27. The molecule has 11 heavy (non-hydrogen) atoms. The van der Waals surface area contributed by atoms with E-state index >= 15 is 0 Å². The van der Waals surface area contributed by atoms with Crippen LogP contribution < -0.4 is 0 Å². The molecule has 1 rings (SSSR count). The van der Waals surface area contributed by atoms with Gasteiger partial charge in [0, 0.05) is 13.5 Å². The Bertz CT molecular complexity index is 106. The molecule has 0 bridgehead atoms. The molecule has 1 heterocycles. The number of ether oxygens (including phenoxy) is 2. The lowest BCUT2D eigenvalue weighted by molar-refractivity contribution is -0.109. The summed E-state index contributed by atoms with van der Waals surface area (Å²) in [6.45, 7) is 2.56. The van der Waals surface area contributed by atoms with E-state index in [2.05, 4.69) is 0 Å². The lowest BCUT2D eigenvalue weighted by atomic mass is 10.0. The summed E-state index contributed by atoms with van der Waals surface area (Å²) < 4.78 is 10.5. The minimum Gasteiger partial charge on any atom is -0.393 e. The fourth-order valence-corrected chi connectivity index (χ4v) is 1.52. The highest BCUT2D eigenvalue weighted by atomic mass is 16.5. The Morgan fingerprint density at radius 2 is 2.27 bits per heavy atom. The lowest BCUT2D eigenvalue weighted by Gasteiger charge is -2.30. The second kappa shape index (κ2) is 4.04. The molecular weight excluding hydrogens is 144 g/mol. The summed E-state index contributed by atoms with van der Waals surface area (Å²) >= 11 is 0. The van der Waals surface area contributed by atoms with E-state index in [1.165, 1.54) is 0 Å². The van der Waals surface area contributed by atoms with Crippen LogP contribution in [0.3, 0.4) is 0 Å². The van der Waals surface area contributed by atoms with E-state index in [1.54, 1.807) is 7.11 Å². The minimum absolute atomic E-state index is 0.0822. The maximum absolute atomic E-state index is 9.34. The van der Waals surface area contributed by atoms with Crippen molar-refractivity contribution in [1.82, 2.24) is 0 Å². The summed E-state index contributed by atoms with van der Waals surface area (Å²) in [6, 6.07) is 0. The molecule has 0 amide bonds. The molecular formula is C8H16O3. The molecule has 1 aliphatic rings.